The molecule has 26 heavy (non-hydrogen) atoms. The summed E-state index contributed by atoms with van der Waals surface area (Å²) in [5, 5.41) is 19.0. The Labute approximate surface area is 152 Å². The maximum Gasteiger partial charge on any atom is 0.335 e. The van der Waals surface area contributed by atoms with E-state index in [0.717, 1.165) is 6.07 Å². The van der Waals surface area contributed by atoms with Crippen LogP contribution in [0.5, 0.6) is 0 Å². The summed E-state index contributed by atoms with van der Waals surface area (Å²) in [7, 11) is 0. The third-order valence-corrected chi connectivity index (χ3v) is 4.36. The minimum atomic E-state index is -1.42. The number of benzene rings is 2. The second-order valence-corrected chi connectivity index (χ2v) is 6.17. The van der Waals surface area contributed by atoms with Gasteiger partial charge in [-0.2, -0.15) is 0 Å². The summed E-state index contributed by atoms with van der Waals surface area (Å²) in [6.45, 7) is 0. The summed E-state index contributed by atoms with van der Waals surface area (Å²) >= 11 is 5.80. The van der Waals surface area contributed by atoms with E-state index < -0.39 is 29.8 Å². The highest BCUT2D eigenvalue weighted by Crippen LogP contribution is 2.27. The van der Waals surface area contributed by atoms with Gasteiger partial charge in [-0.15, -0.1) is 0 Å². The van der Waals surface area contributed by atoms with Crippen molar-refractivity contribution < 1.29 is 29.4 Å². The van der Waals surface area contributed by atoms with E-state index in [0.29, 0.717) is 15.5 Å². The Balaban J connectivity index is 1.96. The van der Waals surface area contributed by atoms with E-state index in [4.69, 9.17) is 16.7 Å². The number of carboxylic acids is 2. The monoisotopic (exact) mass is 373 g/mol. The van der Waals surface area contributed by atoms with Crippen LogP contribution in [0.1, 0.15) is 36.6 Å². The average molecular weight is 374 g/mol. The number of aromatic carboxylic acids is 1. The maximum atomic E-state index is 12.6. The highest BCUT2D eigenvalue weighted by molar-refractivity contribution is 6.30. The van der Waals surface area contributed by atoms with Crippen molar-refractivity contribution in [1.82, 2.24) is 4.90 Å². The van der Waals surface area contributed by atoms with E-state index in [2.05, 4.69) is 0 Å². The third-order valence-electron chi connectivity index (χ3n) is 4.10. The molecule has 2 N–H and O–H groups in total. The standard InChI is InChI=1S/C18H12ClNO6/c19-11-4-1-9(2-5-11)7-14(18(25)26)20-15(21)12-6-3-10(17(23)24)8-13(12)16(20)22/h1-6,8,14H,7H2,(H,23,24)(H,25,26)/t14-/m1/s1. The molecule has 0 radical (unpaired) electrons. The lowest BCUT2D eigenvalue weighted by atomic mass is 10.0. The first-order valence-electron chi connectivity index (χ1n) is 7.52. The molecular formula is C18H12ClNO6. The topological polar surface area (TPSA) is 112 Å². The molecule has 0 spiro atoms. The van der Waals surface area contributed by atoms with Crippen molar-refractivity contribution in [2.24, 2.45) is 0 Å². The van der Waals surface area contributed by atoms with Crippen LogP contribution in [-0.4, -0.2) is 44.9 Å². The van der Waals surface area contributed by atoms with Crippen LogP contribution in [0.2, 0.25) is 5.02 Å². The predicted octanol–water partition coefficient (Wildman–Crippen LogP) is 2.33. The lowest BCUT2D eigenvalue weighted by Gasteiger charge is -2.22. The minimum absolute atomic E-state index is 0.0117. The summed E-state index contributed by atoms with van der Waals surface area (Å²) in [4.78, 5) is 48.6. The summed E-state index contributed by atoms with van der Waals surface area (Å²) in [6.07, 6.45) is -0.0935. The molecule has 0 saturated carbocycles. The smallest absolute Gasteiger partial charge is 0.335 e. The van der Waals surface area contributed by atoms with Gasteiger partial charge in [-0.05, 0) is 35.9 Å². The quantitative estimate of drug-likeness (QED) is 0.778. The van der Waals surface area contributed by atoms with Crippen LogP contribution in [0.3, 0.4) is 0 Å². The number of amides is 2. The molecule has 2 amide bonds. The van der Waals surface area contributed by atoms with Gasteiger partial charge in [-0.1, -0.05) is 23.7 Å². The molecule has 0 saturated heterocycles. The zero-order valence-corrected chi connectivity index (χ0v) is 13.9. The zero-order chi connectivity index (χ0) is 19.0. The third kappa shape index (κ3) is 3.04. The lowest BCUT2D eigenvalue weighted by Crippen LogP contribution is -2.46. The molecule has 0 aliphatic carbocycles. The molecule has 0 aromatic heterocycles. The van der Waals surface area contributed by atoms with E-state index in [1.165, 1.54) is 12.1 Å². The number of rotatable bonds is 5. The molecule has 7 nitrogen and oxygen atoms in total. The molecule has 3 rings (SSSR count). The fraction of sp³-hybridized carbons (Fsp3) is 0.111. The van der Waals surface area contributed by atoms with Gasteiger partial charge in [-0.3, -0.25) is 14.5 Å². The van der Waals surface area contributed by atoms with E-state index in [9.17, 15) is 24.3 Å². The average Bonchev–Trinajstić information content (AvgIpc) is 2.85. The Morgan fingerprint density at radius 3 is 2.15 bits per heavy atom. The number of fused-ring (bicyclic) bond motifs is 1. The normalized spacial score (nSPS) is 14.3. The van der Waals surface area contributed by atoms with Gasteiger partial charge in [0, 0.05) is 11.4 Å². The Hall–Kier alpha value is -3.19. The molecule has 1 aliphatic rings. The van der Waals surface area contributed by atoms with Gasteiger partial charge < -0.3 is 10.2 Å². The number of carbonyl (C=O) groups is 4. The summed E-state index contributed by atoms with van der Waals surface area (Å²) in [5.41, 5.74) is 0.306. The van der Waals surface area contributed by atoms with Crippen molar-refractivity contribution >= 4 is 35.4 Å². The number of aliphatic carboxylic acids is 1. The first-order chi connectivity index (χ1) is 12.3. The summed E-state index contributed by atoms with van der Waals surface area (Å²) < 4.78 is 0. The van der Waals surface area contributed by atoms with Crippen molar-refractivity contribution in [3.63, 3.8) is 0 Å². The molecule has 0 unspecified atom stereocenters. The minimum Gasteiger partial charge on any atom is -0.480 e. The second-order valence-electron chi connectivity index (χ2n) is 5.73. The Kier molecular flexibility index (Phi) is 4.48. The van der Waals surface area contributed by atoms with Crippen molar-refractivity contribution in [3.05, 3.63) is 69.7 Å². The molecule has 1 atom stereocenters. The number of carbonyl (C=O) groups excluding carboxylic acids is 2. The lowest BCUT2D eigenvalue weighted by molar-refractivity contribution is -0.141. The van der Waals surface area contributed by atoms with E-state index >= 15 is 0 Å². The number of hydrogen-bond acceptors (Lipinski definition) is 4. The number of halogens is 1. The second kappa shape index (κ2) is 6.61. The first-order valence-corrected chi connectivity index (χ1v) is 7.90. The number of nitrogens with zero attached hydrogens (tertiary/aromatic N) is 1. The number of carboxylic acid groups (broad SMARTS) is 2. The summed E-state index contributed by atoms with van der Waals surface area (Å²) in [6, 6.07) is 8.47. The molecule has 1 aliphatic heterocycles. The van der Waals surface area contributed by atoms with Crippen LogP contribution in [0.15, 0.2) is 42.5 Å². The van der Waals surface area contributed by atoms with Crippen LogP contribution in [0.4, 0.5) is 0 Å². The summed E-state index contributed by atoms with van der Waals surface area (Å²) in [5.74, 6) is -4.17. The number of imide groups is 1. The molecular weight excluding hydrogens is 362 g/mol. The molecule has 0 fully saturated rings. The van der Waals surface area contributed by atoms with Crippen molar-refractivity contribution in [2.45, 2.75) is 12.5 Å². The van der Waals surface area contributed by atoms with Gasteiger partial charge in [-0.25, -0.2) is 9.59 Å². The molecule has 8 heteroatoms. The van der Waals surface area contributed by atoms with Crippen LogP contribution < -0.4 is 0 Å². The molecule has 132 valence electrons. The molecule has 0 bridgehead atoms. The van der Waals surface area contributed by atoms with Crippen molar-refractivity contribution in [1.29, 1.82) is 0 Å². The van der Waals surface area contributed by atoms with Gasteiger partial charge in [0.2, 0.25) is 0 Å². The van der Waals surface area contributed by atoms with Crippen LogP contribution in [0.25, 0.3) is 0 Å². The Morgan fingerprint density at radius 1 is 0.962 bits per heavy atom. The van der Waals surface area contributed by atoms with Gasteiger partial charge in [0.25, 0.3) is 11.8 Å². The van der Waals surface area contributed by atoms with E-state index in [1.54, 1.807) is 24.3 Å². The zero-order valence-electron chi connectivity index (χ0n) is 13.2. The van der Waals surface area contributed by atoms with Crippen LogP contribution >= 0.6 is 11.6 Å². The fourth-order valence-electron chi connectivity index (χ4n) is 2.81. The van der Waals surface area contributed by atoms with Crippen LogP contribution in [0, 0.1) is 0 Å². The predicted molar refractivity (Wildman–Crippen MR) is 90.5 cm³/mol. The highest BCUT2D eigenvalue weighted by Gasteiger charge is 2.43. The fourth-order valence-corrected chi connectivity index (χ4v) is 2.93. The molecule has 1 heterocycles. The SMILES string of the molecule is O=C(O)c1ccc2c(c1)C(=O)N([C@H](Cc1ccc(Cl)cc1)C(=O)O)C2=O. The van der Waals surface area contributed by atoms with Gasteiger partial charge >= 0.3 is 11.9 Å². The van der Waals surface area contributed by atoms with Gasteiger partial charge in [0.15, 0.2) is 0 Å². The Morgan fingerprint density at radius 2 is 1.58 bits per heavy atom. The van der Waals surface area contributed by atoms with E-state index in [1.807, 2.05) is 0 Å². The Bertz CT molecular complexity index is 937. The highest BCUT2D eigenvalue weighted by atomic mass is 35.5. The largest absolute Gasteiger partial charge is 0.480 e. The molecule has 2 aromatic carbocycles. The van der Waals surface area contributed by atoms with Gasteiger partial charge in [0.1, 0.15) is 6.04 Å². The van der Waals surface area contributed by atoms with Crippen LogP contribution in [-0.2, 0) is 11.2 Å². The first kappa shape index (κ1) is 17.6. The molecule has 2 aromatic rings. The van der Waals surface area contributed by atoms with Crippen molar-refractivity contribution in [3.8, 4) is 0 Å². The maximum absolute atomic E-state index is 12.6. The van der Waals surface area contributed by atoms with E-state index in [-0.39, 0.29) is 23.1 Å². The van der Waals surface area contributed by atoms with Gasteiger partial charge in [0.05, 0.1) is 16.7 Å². The number of hydrogen-bond donors (Lipinski definition) is 2. The van der Waals surface area contributed by atoms with Crippen molar-refractivity contribution in [2.75, 3.05) is 0 Å².